The summed E-state index contributed by atoms with van der Waals surface area (Å²) in [6.45, 7) is 10.8. The second kappa shape index (κ2) is 10.1. The van der Waals surface area contributed by atoms with Crippen molar-refractivity contribution in [2.45, 2.75) is 84.6 Å². The number of hydrogen-bond acceptors (Lipinski definition) is 4. The van der Waals surface area contributed by atoms with E-state index in [0.717, 1.165) is 49.0 Å². The minimum Gasteiger partial charge on any atom is -0.295 e. The van der Waals surface area contributed by atoms with E-state index >= 15 is 0 Å². The maximum absolute atomic E-state index is 13.2. The molecule has 2 aliphatic rings. The van der Waals surface area contributed by atoms with Crippen molar-refractivity contribution in [3.8, 4) is 0 Å². The Balaban J connectivity index is 1.70. The van der Waals surface area contributed by atoms with Crippen LogP contribution < -0.4 is 0 Å². The molecule has 0 bridgehead atoms. The highest BCUT2D eigenvalue weighted by atomic mass is 32.2. The lowest BCUT2D eigenvalue weighted by atomic mass is 9.76. The zero-order valence-electron chi connectivity index (χ0n) is 19.9. The third-order valence-electron chi connectivity index (χ3n) is 7.32. The van der Waals surface area contributed by atoms with Gasteiger partial charge >= 0.3 is 0 Å². The van der Waals surface area contributed by atoms with Gasteiger partial charge in [0.15, 0.2) is 5.78 Å². The Labute approximate surface area is 189 Å². The summed E-state index contributed by atoms with van der Waals surface area (Å²) >= 11 is 0. The van der Waals surface area contributed by atoms with Gasteiger partial charge in [0.05, 0.1) is 5.75 Å². The predicted octanol–water partition coefficient (Wildman–Crippen LogP) is 4.64. The first kappa shape index (κ1) is 24.4. The van der Waals surface area contributed by atoms with Crippen LogP contribution in [0, 0.1) is 20.8 Å². The molecule has 6 heteroatoms. The number of nitrogens with zero attached hydrogens (tertiary/aromatic N) is 2. The van der Waals surface area contributed by atoms with Crippen LogP contribution in [0.3, 0.4) is 0 Å². The van der Waals surface area contributed by atoms with Gasteiger partial charge in [-0.15, -0.1) is 0 Å². The van der Waals surface area contributed by atoms with E-state index < -0.39 is 10.0 Å². The molecule has 0 spiro atoms. The van der Waals surface area contributed by atoms with Crippen molar-refractivity contribution in [1.29, 1.82) is 0 Å². The number of carbonyl (C=O) groups is 1. The van der Waals surface area contributed by atoms with Gasteiger partial charge < -0.3 is 0 Å². The van der Waals surface area contributed by atoms with Gasteiger partial charge in [-0.2, -0.15) is 4.31 Å². The third-order valence-corrected chi connectivity index (χ3v) is 9.40. The summed E-state index contributed by atoms with van der Waals surface area (Å²) < 4.78 is 26.6. The standard InChI is InChI=1S/C25H40N2O3S/c1-5-17-31(29,30)27-15-13-26(14-16-27)25(10-7-6-8-11-25)12-9-23(28)24-21(3)18-20(2)19-22(24)4/h18-19H,5-17H2,1-4H3. The molecule has 1 aromatic carbocycles. The van der Waals surface area contributed by atoms with Crippen LogP contribution in [0.25, 0.3) is 0 Å². The second-order valence-electron chi connectivity index (χ2n) is 9.68. The highest BCUT2D eigenvalue weighted by Gasteiger charge is 2.40. The number of ketones is 1. The van der Waals surface area contributed by atoms with Gasteiger partial charge in [0, 0.05) is 43.7 Å². The lowest BCUT2D eigenvalue weighted by Crippen LogP contribution is -2.58. The molecule has 0 amide bonds. The van der Waals surface area contributed by atoms with Crippen molar-refractivity contribution in [1.82, 2.24) is 9.21 Å². The van der Waals surface area contributed by atoms with E-state index in [1.807, 2.05) is 20.8 Å². The summed E-state index contributed by atoms with van der Waals surface area (Å²) in [6, 6.07) is 4.21. The summed E-state index contributed by atoms with van der Waals surface area (Å²) in [5.74, 6) is 0.492. The number of aryl methyl sites for hydroxylation is 3. The van der Waals surface area contributed by atoms with E-state index in [1.54, 1.807) is 4.31 Å². The fourth-order valence-corrected chi connectivity index (χ4v) is 7.35. The lowest BCUT2D eigenvalue weighted by Gasteiger charge is -2.50. The van der Waals surface area contributed by atoms with Gasteiger partial charge in [0.1, 0.15) is 0 Å². The van der Waals surface area contributed by atoms with Crippen LogP contribution in [0.2, 0.25) is 0 Å². The molecule has 1 saturated heterocycles. The van der Waals surface area contributed by atoms with E-state index in [2.05, 4.69) is 24.0 Å². The van der Waals surface area contributed by atoms with Crippen molar-refractivity contribution >= 4 is 15.8 Å². The Morgan fingerprint density at radius 2 is 1.55 bits per heavy atom. The van der Waals surface area contributed by atoms with E-state index in [-0.39, 0.29) is 17.1 Å². The molecule has 0 aromatic heterocycles. The Bertz CT molecular complexity index is 857. The number of sulfonamides is 1. The molecule has 1 heterocycles. The average Bonchev–Trinajstić information content (AvgIpc) is 2.72. The summed E-state index contributed by atoms with van der Waals surface area (Å²) in [6.07, 6.45) is 8.00. The molecule has 174 valence electrons. The molecule has 2 fully saturated rings. The van der Waals surface area contributed by atoms with E-state index in [1.165, 1.54) is 24.8 Å². The van der Waals surface area contributed by atoms with Gasteiger partial charge in [0.2, 0.25) is 10.0 Å². The van der Waals surface area contributed by atoms with Gasteiger partial charge in [-0.05, 0) is 57.6 Å². The lowest BCUT2D eigenvalue weighted by molar-refractivity contribution is 0.0165. The topological polar surface area (TPSA) is 57.7 Å². The molecule has 0 N–H and O–H groups in total. The molecule has 31 heavy (non-hydrogen) atoms. The minimum atomic E-state index is -3.13. The van der Waals surface area contributed by atoms with Crippen LogP contribution in [0.1, 0.15) is 85.3 Å². The molecular weight excluding hydrogens is 408 g/mol. The second-order valence-corrected chi connectivity index (χ2v) is 11.8. The molecule has 1 aliphatic carbocycles. The summed E-state index contributed by atoms with van der Waals surface area (Å²) in [7, 11) is -3.13. The first-order valence-corrected chi connectivity index (χ1v) is 13.6. The summed E-state index contributed by atoms with van der Waals surface area (Å²) in [5, 5.41) is 0. The Hall–Kier alpha value is -1.24. The maximum Gasteiger partial charge on any atom is 0.214 e. The van der Waals surface area contributed by atoms with Crippen LogP contribution in [0.5, 0.6) is 0 Å². The number of hydrogen-bond donors (Lipinski definition) is 0. The number of rotatable bonds is 8. The molecule has 0 unspecified atom stereocenters. The largest absolute Gasteiger partial charge is 0.295 e. The normalized spacial score (nSPS) is 20.6. The summed E-state index contributed by atoms with van der Waals surface area (Å²) in [5.41, 5.74) is 4.30. The molecule has 0 atom stereocenters. The van der Waals surface area contributed by atoms with Crippen LogP contribution >= 0.6 is 0 Å². The summed E-state index contributed by atoms with van der Waals surface area (Å²) in [4.78, 5) is 15.7. The average molecular weight is 449 g/mol. The number of benzene rings is 1. The molecule has 3 rings (SSSR count). The molecule has 5 nitrogen and oxygen atoms in total. The smallest absolute Gasteiger partial charge is 0.214 e. The molecule has 1 saturated carbocycles. The van der Waals surface area contributed by atoms with Gasteiger partial charge in [-0.3, -0.25) is 9.69 Å². The number of carbonyl (C=O) groups excluding carboxylic acids is 1. The van der Waals surface area contributed by atoms with Gasteiger partial charge in [-0.25, -0.2) is 8.42 Å². The highest BCUT2D eigenvalue weighted by molar-refractivity contribution is 7.89. The fraction of sp³-hybridized carbons (Fsp3) is 0.720. The van der Waals surface area contributed by atoms with Crippen molar-refractivity contribution in [2.75, 3.05) is 31.9 Å². The van der Waals surface area contributed by atoms with Crippen molar-refractivity contribution in [3.05, 3.63) is 34.4 Å². The van der Waals surface area contributed by atoms with E-state index in [0.29, 0.717) is 25.9 Å². The first-order valence-electron chi connectivity index (χ1n) is 12.0. The molecular formula is C25H40N2O3S. The Morgan fingerprint density at radius 3 is 2.10 bits per heavy atom. The SMILES string of the molecule is CCCS(=O)(=O)N1CCN(C2(CCC(=O)c3c(C)cc(C)cc3C)CCCCC2)CC1. The predicted molar refractivity (Wildman–Crippen MR) is 127 cm³/mol. The minimum absolute atomic E-state index is 0.0427. The van der Waals surface area contributed by atoms with Crippen LogP contribution in [0.4, 0.5) is 0 Å². The number of Topliss-reactive ketones (excluding diaryl/α,β-unsaturated/α-hetero) is 1. The molecule has 1 aliphatic heterocycles. The van der Waals surface area contributed by atoms with Crippen molar-refractivity contribution in [2.24, 2.45) is 0 Å². The van der Waals surface area contributed by atoms with Gasteiger partial charge in [0.25, 0.3) is 0 Å². The Morgan fingerprint density at radius 1 is 0.968 bits per heavy atom. The van der Waals surface area contributed by atoms with Crippen LogP contribution in [-0.2, 0) is 10.0 Å². The van der Waals surface area contributed by atoms with Crippen LogP contribution in [0.15, 0.2) is 12.1 Å². The zero-order chi connectivity index (χ0) is 22.6. The first-order chi connectivity index (χ1) is 14.7. The maximum atomic E-state index is 13.2. The third kappa shape index (κ3) is 5.58. The van der Waals surface area contributed by atoms with E-state index in [4.69, 9.17) is 0 Å². The van der Waals surface area contributed by atoms with E-state index in [9.17, 15) is 13.2 Å². The zero-order valence-corrected chi connectivity index (χ0v) is 20.7. The highest BCUT2D eigenvalue weighted by Crippen LogP contribution is 2.39. The fourth-order valence-electron chi connectivity index (χ4n) is 5.85. The van der Waals surface area contributed by atoms with Crippen molar-refractivity contribution in [3.63, 3.8) is 0 Å². The Kier molecular flexibility index (Phi) is 7.98. The molecule has 1 aromatic rings. The number of piperazine rings is 1. The van der Waals surface area contributed by atoms with Gasteiger partial charge in [-0.1, -0.05) is 43.9 Å². The monoisotopic (exact) mass is 448 g/mol. The quantitative estimate of drug-likeness (QED) is 0.544. The van der Waals surface area contributed by atoms with Crippen LogP contribution in [-0.4, -0.2) is 60.9 Å². The van der Waals surface area contributed by atoms with Crippen molar-refractivity contribution < 1.29 is 13.2 Å². The molecule has 0 radical (unpaired) electrons.